The average Bonchev–Trinajstić information content (AvgIpc) is 3.19. The molecule has 1 aliphatic rings. The molecule has 0 aliphatic heterocycles. The van der Waals surface area contributed by atoms with Crippen molar-refractivity contribution >= 4 is 11.9 Å². The summed E-state index contributed by atoms with van der Waals surface area (Å²) in [5.74, 6) is -2.23. The molecule has 0 fully saturated rings. The van der Waals surface area contributed by atoms with Crippen LogP contribution >= 0.6 is 0 Å². The van der Waals surface area contributed by atoms with Gasteiger partial charge in [-0.1, -0.05) is 85.0 Å². The molecule has 2 aromatic rings. The fraction of sp³-hybridized carbons (Fsp3) is 0.280. The topological polar surface area (TPSA) is 74.6 Å². The Hall–Kier alpha value is -3.14. The maximum Gasteiger partial charge on any atom is 0.303 e. The maximum absolute atomic E-state index is 11.7. The SMILES string of the molecule is O=C(O)CC(Cc1ccccc1)C1(C(CC(=O)O)Cc2ccccc2)C=CC=C1. The highest BCUT2D eigenvalue weighted by Crippen LogP contribution is 2.48. The van der Waals surface area contributed by atoms with Crippen molar-refractivity contribution in [2.45, 2.75) is 25.7 Å². The van der Waals surface area contributed by atoms with Crippen LogP contribution in [0.25, 0.3) is 0 Å². The molecule has 0 spiro atoms. The number of benzene rings is 2. The molecule has 2 unspecified atom stereocenters. The van der Waals surface area contributed by atoms with Gasteiger partial charge in [-0.2, -0.15) is 0 Å². The summed E-state index contributed by atoms with van der Waals surface area (Å²) in [6.45, 7) is 0. The third-order valence-electron chi connectivity index (χ3n) is 5.79. The van der Waals surface area contributed by atoms with Crippen LogP contribution in [0.1, 0.15) is 24.0 Å². The summed E-state index contributed by atoms with van der Waals surface area (Å²) in [5.41, 5.74) is 1.49. The highest BCUT2D eigenvalue weighted by atomic mass is 16.4. The highest BCUT2D eigenvalue weighted by molar-refractivity contribution is 5.69. The average molecular weight is 390 g/mol. The zero-order valence-electron chi connectivity index (χ0n) is 16.3. The van der Waals surface area contributed by atoms with Crippen molar-refractivity contribution in [3.05, 3.63) is 96.1 Å². The number of hydrogen-bond acceptors (Lipinski definition) is 2. The highest BCUT2D eigenvalue weighted by Gasteiger charge is 2.44. The molecule has 3 rings (SSSR count). The fourth-order valence-corrected chi connectivity index (χ4v) is 4.45. The van der Waals surface area contributed by atoms with E-state index in [-0.39, 0.29) is 24.7 Å². The molecule has 150 valence electrons. The van der Waals surface area contributed by atoms with Gasteiger partial charge in [0.15, 0.2) is 0 Å². The summed E-state index contributed by atoms with van der Waals surface area (Å²) in [7, 11) is 0. The number of carboxylic acid groups (broad SMARTS) is 2. The monoisotopic (exact) mass is 390 g/mol. The Balaban J connectivity index is 2.00. The Morgan fingerprint density at radius 1 is 0.690 bits per heavy atom. The summed E-state index contributed by atoms with van der Waals surface area (Å²) in [4.78, 5) is 23.5. The van der Waals surface area contributed by atoms with Crippen molar-refractivity contribution in [2.24, 2.45) is 17.3 Å². The second kappa shape index (κ2) is 9.37. The first-order valence-corrected chi connectivity index (χ1v) is 9.88. The van der Waals surface area contributed by atoms with Gasteiger partial charge in [-0.05, 0) is 35.8 Å². The van der Waals surface area contributed by atoms with E-state index >= 15 is 0 Å². The number of allylic oxidation sites excluding steroid dienone is 4. The standard InChI is InChI=1S/C25H26O4/c26-23(27)17-21(15-19-9-3-1-4-10-19)25(13-7-8-14-25)22(18-24(28)29)16-20-11-5-2-6-12-20/h1-14,21-22H,15-18H2,(H,26,27)(H,28,29). The number of aliphatic carboxylic acids is 2. The molecular weight excluding hydrogens is 364 g/mol. The molecule has 2 atom stereocenters. The normalized spacial score (nSPS) is 16.4. The van der Waals surface area contributed by atoms with E-state index in [1.54, 1.807) is 0 Å². The summed E-state index contributed by atoms with van der Waals surface area (Å²) >= 11 is 0. The fourth-order valence-electron chi connectivity index (χ4n) is 4.45. The maximum atomic E-state index is 11.7. The van der Waals surface area contributed by atoms with E-state index in [9.17, 15) is 19.8 Å². The van der Waals surface area contributed by atoms with Crippen LogP contribution in [0.2, 0.25) is 0 Å². The molecule has 0 bridgehead atoms. The van der Waals surface area contributed by atoms with Gasteiger partial charge in [0.25, 0.3) is 0 Å². The number of carboxylic acids is 2. The summed E-state index contributed by atoms with van der Waals surface area (Å²) in [5, 5.41) is 19.3. The van der Waals surface area contributed by atoms with E-state index in [1.165, 1.54) is 0 Å². The molecule has 0 saturated carbocycles. The van der Waals surface area contributed by atoms with E-state index < -0.39 is 17.4 Å². The molecule has 1 aliphatic carbocycles. The van der Waals surface area contributed by atoms with Crippen LogP contribution in [0.15, 0.2) is 85.0 Å². The first-order chi connectivity index (χ1) is 14.0. The van der Waals surface area contributed by atoms with Gasteiger partial charge in [-0.25, -0.2) is 0 Å². The van der Waals surface area contributed by atoms with Crippen molar-refractivity contribution in [1.82, 2.24) is 0 Å². The van der Waals surface area contributed by atoms with Crippen LogP contribution in [0.4, 0.5) is 0 Å². The minimum Gasteiger partial charge on any atom is -0.481 e. The van der Waals surface area contributed by atoms with Crippen molar-refractivity contribution < 1.29 is 19.8 Å². The summed E-state index contributed by atoms with van der Waals surface area (Å²) in [6, 6.07) is 19.6. The second-order valence-corrected chi connectivity index (χ2v) is 7.69. The Morgan fingerprint density at radius 3 is 1.41 bits per heavy atom. The number of hydrogen-bond donors (Lipinski definition) is 2. The van der Waals surface area contributed by atoms with Crippen LogP contribution in [-0.4, -0.2) is 22.2 Å². The predicted octanol–water partition coefficient (Wildman–Crippen LogP) is 4.77. The van der Waals surface area contributed by atoms with Crippen LogP contribution in [0.5, 0.6) is 0 Å². The van der Waals surface area contributed by atoms with Crippen LogP contribution in [-0.2, 0) is 22.4 Å². The second-order valence-electron chi connectivity index (χ2n) is 7.69. The molecule has 2 aromatic carbocycles. The first-order valence-electron chi connectivity index (χ1n) is 9.88. The largest absolute Gasteiger partial charge is 0.481 e. The van der Waals surface area contributed by atoms with Gasteiger partial charge in [-0.3, -0.25) is 9.59 Å². The minimum atomic E-state index is -0.868. The van der Waals surface area contributed by atoms with Gasteiger partial charge in [0, 0.05) is 18.3 Å². The van der Waals surface area contributed by atoms with Gasteiger partial charge < -0.3 is 10.2 Å². The molecule has 4 heteroatoms. The lowest BCUT2D eigenvalue weighted by molar-refractivity contribution is -0.139. The zero-order valence-corrected chi connectivity index (χ0v) is 16.3. The number of rotatable bonds is 10. The molecule has 2 N–H and O–H groups in total. The van der Waals surface area contributed by atoms with Gasteiger partial charge >= 0.3 is 11.9 Å². The Bertz CT molecular complexity index is 808. The molecule has 0 amide bonds. The van der Waals surface area contributed by atoms with Crippen molar-refractivity contribution in [3.63, 3.8) is 0 Å². The quantitative estimate of drug-likeness (QED) is 0.613. The van der Waals surface area contributed by atoms with E-state index in [4.69, 9.17) is 0 Å². The Kier molecular flexibility index (Phi) is 6.65. The van der Waals surface area contributed by atoms with Gasteiger partial charge in [0.2, 0.25) is 0 Å². The van der Waals surface area contributed by atoms with Crippen molar-refractivity contribution in [3.8, 4) is 0 Å². The van der Waals surface area contributed by atoms with E-state index in [1.807, 2.05) is 85.0 Å². The lowest BCUT2D eigenvalue weighted by Crippen LogP contribution is -2.39. The van der Waals surface area contributed by atoms with Gasteiger partial charge in [0.05, 0.1) is 0 Å². The first kappa shape index (κ1) is 20.6. The molecule has 0 saturated heterocycles. The zero-order chi connectivity index (χ0) is 20.7. The van der Waals surface area contributed by atoms with Crippen LogP contribution in [0, 0.1) is 17.3 Å². The Labute approximate surface area is 171 Å². The third-order valence-corrected chi connectivity index (χ3v) is 5.79. The smallest absolute Gasteiger partial charge is 0.303 e. The lowest BCUT2D eigenvalue weighted by atomic mass is 9.62. The number of carbonyl (C=O) groups is 2. The minimum absolute atomic E-state index is 0.0194. The lowest BCUT2D eigenvalue weighted by Gasteiger charge is -2.41. The summed E-state index contributed by atoms with van der Waals surface area (Å²) < 4.78 is 0. The van der Waals surface area contributed by atoms with E-state index in [0.717, 1.165) is 11.1 Å². The van der Waals surface area contributed by atoms with Crippen LogP contribution in [0.3, 0.4) is 0 Å². The van der Waals surface area contributed by atoms with E-state index in [0.29, 0.717) is 12.8 Å². The van der Waals surface area contributed by atoms with Crippen molar-refractivity contribution in [2.75, 3.05) is 0 Å². The third kappa shape index (κ3) is 5.23. The molecule has 0 radical (unpaired) electrons. The molecule has 29 heavy (non-hydrogen) atoms. The molecule has 0 aromatic heterocycles. The molecule has 4 nitrogen and oxygen atoms in total. The van der Waals surface area contributed by atoms with Crippen LogP contribution < -0.4 is 0 Å². The van der Waals surface area contributed by atoms with Gasteiger partial charge in [-0.15, -0.1) is 0 Å². The molecule has 0 heterocycles. The summed E-state index contributed by atoms with van der Waals surface area (Å²) in [6.07, 6.45) is 8.97. The predicted molar refractivity (Wildman–Crippen MR) is 112 cm³/mol. The van der Waals surface area contributed by atoms with Crippen molar-refractivity contribution in [1.29, 1.82) is 0 Å². The van der Waals surface area contributed by atoms with E-state index in [2.05, 4.69) is 0 Å². The van der Waals surface area contributed by atoms with Gasteiger partial charge in [0.1, 0.15) is 0 Å². The Morgan fingerprint density at radius 2 is 1.07 bits per heavy atom. The molecular formula is C25H26O4.